The number of aromatic hydroxyl groups is 4. The van der Waals surface area contributed by atoms with Crippen molar-refractivity contribution in [1.82, 2.24) is 0 Å². The minimum Gasteiger partial charge on any atom is -0.508 e. The van der Waals surface area contributed by atoms with Crippen LogP contribution in [0.1, 0.15) is 0 Å². The Bertz CT molecular complexity index is 1560. The van der Waals surface area contributed by atoms with Gasteiger partial charge in [0.05, 0.1) is 13.2 Å². The molecule has 17 heteroatoms. The number of aliphatic hydroxyl groups is 7. The number of benzene rings is 2. The summed E-state index contributed by atoms with van der Waals surface area (Å²) >= 11 is 0. The van der Waals surface area contributed by atoms with Crippen molar-refractivity contribution in [1.29, 1.82) is 0 Å². The third kappa shape index (κ3) is 5.61. The van der Waals surface area contributed by atoms with E-state index < -0.39 is 120 Å². The highest BCUT2D eigenvalue weighted by molar-refractivity contribution is 5.88. The molecule has 11 N–H and O–H groups in total. The molecule has 3 aromatic rings. The first-order valence-electron chi connectivity index (χ1n) is 13.2. The van der Waals surface area contributed by atoms with Crippen molar-refractivity contribution < 1.29 is 79.5 Å². The van der Waals surface area contributed by atoms with Crippen LogP contribution in [0.3, 0.4) is 0 Å². The van der Waals surface area contributed by atoms with Crippen LogP contribution in [0, 0.1) is 0 Å². The fourth-order valence-electron chi connectivity index (χ4n) is 4.99. The Morgan fingerprint density at radius 3 is 2.02 bits per heavy atom. The molecule has 0 saturated carbocycles. The predicted molar refractivity (Wildman–Crippen MR) is 142 cm³/mol. The average Bonchev–Trinajstić information content (AvgIpc) is 2.98. The predicted octanol–water partition coefficient (Wildman–Crippen LogP) is -2.71. The minimum atomic E-state index is -2.04. The molecule has 2 saturated heterocycles. The zero-order chi connectivity index (χ0) is 32.0. The van der Waals surface area contributed by atoms with E-state index in [4.69, 9.17) is 23.4 Å². The quantitative estimate of drug-likeness (QED) is 0.119. The Kier molecular flexibility index (Phi) is 8.87. The smallest absolute Gasteiger partial charge is 0.239 e. The summed E-state index contributed by atoms with van der Waals surface area (Å²) in [5.74, 6) is -3.49. The van der Waals surface area contributed by atoms with Gasteiger partial charge in [0, 0.05) is 17.7 Å². The van der Waals surface area contributed by atoms with Gasteiger partial charge in [0.15, 0.2) is 23.5 Å². The van der Waals surface area contributed by atoms with Gasteiger partial charge >= 0.3 is 0 Å². The lowest BCUT2D eigenvalue weighted by molar-refractivity contribution is -0.352. The molecule has 2 aliphatic rings. The standard InChI is InChI=1S/C27H30O17/c28-6-14-17(34)20(37)21(38)26(41-14)43-24-18(35)15(7-29)42-27(22(24)39)44-25-19(36)16-12(33)4-9(30)5-13(16)40-23(25)8-1-2-10(31)11(32)3-8/h1-5,14-15,17-18,20-22,24,26-35,37-39H,6-7H2/t14-,15-,17-,18+,20+,21-,22-,24+,26+,27+/m1/s1. The van der Waals surface area contributed by atoms with E-state index in [0.717, 1.165) is 24.3 Å². The number of hydrogen-bond donors (Lipinski definition) is 11. The Morgan fingerprint density at radius 1 is 0.705 bits per heavy atom. The van der Waals surface area contributed by atoms with Gasteiger partial charge < -0.3 is 79.5 Å². The summed E-state index contributed by atoms with van der Waals surface area (Å²) in [4.78, 5) is 13.6. The largest absolute Gasteiger partial charge is 0.508 e. The van der Waals surface area contributed by atoms with Crippen LogP contribution in [0.2, 0.25) is 0 Å². The molecule has 0 radical (unpaired) electrons. The summed E-state index contributed by atoms with van der Waals surface area (Å²) in [6.07, 6.45) is -17.9. The minimum absolute atomic E-state index is 0.0599. The number of phenols is 4. The molecular weight excluding hydrogens is 596 g/mol. The van der Waals surface area contributed by atoms with Gasteiger partial charge in [-0.05, 0) is 18.2 Å². The van der Waals surface area contributed by atoms with Gasteiger partial charge in [0.25, 0.3) is 0 Å². The zero-order valence-corrected chi connectivity index (χ0v) is 22.4. The summed E-state index contributed by atoms with van der Waals surface area (Å²) in [5.41, 5.74) is -1.43. The average molecular weight is 627 g/mol. The van der Waals surface area contributed by atoms with E-state index >= 15 is 0 Å². The molecule has 2 aromatic carbocycles. The zero-order valence-electron chi connectivity index (χ0n) is 22.4. The summed E-state index contributed by atoms with van der Waals surface area (Å²) in [6, 6.07) is 5.14. The van der Waals surface area contributed by atoms with Crippen molar-refractivity contribution in [3.63, 3.8) is 0 Å². The van der Waals surface area contributed by atoms with E-state index in [1.54, 1.807) is 0 Å². The lowest BCUT2D eigenvalue weighted by Gasteiger charge is -2.45. The first-order chi connectivity index (χ1) is 20.9. The lowest BCUT2D eigenvalue weighted by Crippen LogP contribution is -2.65. The number of hydrogen-bond acceptors (Lipinski definition) is 17. The van der Waals surface area contributed by atoms with Crippen molar-refractivity contribution >= 4 is 11.0 Å². The molecule has 0 unspecified atom stereocenters. The summed E-state index contributed by atoms with van der Waals surface area (Å²) < 4.78 is 27.8. The third-order valence-electron chi connectivity index (χ3n) is 7.35. The molecule has 10 atom stereocenters. The van der Waals surface area contributed by atoms with E-state index in [0.29, 0.717) is 0 Å². The lowest BCUT2D eigenvalue weighted by atomic mass is 9.97. The van der Waals surface area contributed by atoms with Crippen LogP contribution in [0.25, 0.3) is 22.3 Å². The second-order valence-corrected chi connectivity index (χ2v) is 10.3. The first-order valence-corrected chi connectivity index (χ1v) is 13.2. The van der Waals surface area contributed by atoms with Crippen LogP contribution < -0.4 is 10.2 Å². The second-order valence-electron chi connectivity index (χ2n) is 10.3. The molecule has 0 bridgehead atoms. The maximum atomic E-state index is 13.6. The van der Waals surface area contributed by atoms with Crippen molar-refractivity contribution in [2.75, 3.05) is 13.2 Å². The second kappa shape index (κ2) is 12.3. The van der Waals surface area contributed by atoms with E-state index in [-0.39, 0.29) is 11.1 Å². The molecule has 0 spiro atoms. The van der Waals surface area contributed by atoms with Crippen LogP contribution in [0.4, 0.5) is 0 Å². The number of aliphatic hydroxyl groups excluding tert-OH is 7. The van der Waals surface area contributed by atoms with Crippen molar-refractivity contribution in [2.45, 2.75) is 61.4 Å². The third-order valence-corrected chi connectivity index (χ3v) is 7.35. The Hall–Kier alpha value is -3.75. The van der Waals surface area contributed by atoms with Crippen molar-refractivity contribution in [2.24, 2.45) is 0 Å². The molecule has 2 fully saturated rings. The van der Waals surface area contributed by atoms with Crippen LogP contribution in [0.15, 0.2) is 39.5 Å². The molecule has 3 heterocycles. The summed E-state index contributed by atoms with van der Waals surface area (Å²) in [7, 11) is 0. The van der Waals surface area contributed by atoms with Gasteiger partial charge in [0.1, 0.15) is 71.3 Å². The fourth-order valence-corrected chi connectivity index (χ4v) is 4.99. The highest BCUT2D eigenvalue weighted by atomic mass is 16.7. The molecule has 17 nitrogen and oxygen atoms in total. The van der Waals surface area contributed by atoms with Crippen molar-refractivity contribution in [3.8, 4) is 40.1 Å². The molecule has 5 rings (SSSR count). The van der Waals surface area contributed by atoms with E-state index in [9.17, 15) is 61.0 Å². The SMILES string of the molecule is O=c1c(O[C@@H]2O[C@H](CO)[C@H](O)[C@H](O[C@@H]3O[C@H](CO)[C@@H](O)[C@H](O)[C@H]3O)[C@H]2O)c(-c2ccc(O)c(O)c2)oc2cc(O)cc(O)c12. The Balaban J connectivity index is 1.55. The number of fused-ring (bicyclic) bond motifs is 1. The number of ether oxygens (including phenoxy) is 4. The molecule has 0 amide bonds. The topological polar surface area (TPSA) is 290 Å². The fraction of sp³-hybridized carbons (Fsp3) is 0.444. The van der Waals surface area contributed by atoms with Crippen LogP contribution in [-0.4, -0.2) is 131 Å². The van der Waals surface area contributed by atoms with E-state index in [2.05, 4.69) is 0 Å². The molecule has 44 heavy (non-hydrogen) atoms. The first kappa shape index (κ1) is 31.7. The molecule has 0 aliphatic carbocycles. The van der Waals surface area contributed by atoms with Gasteiger partial charge in [-0.2, -0.15) is 0 Å². The summed E-state index contributed by atoms with van der Waals surface area (Å²) in [5, 5.41) is 111. The van der Waals surface area contributed by atoms with Crippen LogP contribution >= 0.6 is 0 Å². The Labute approximate surface area is 246 Å². The van der Waals surface area contributed by atoms with E-state index in [1.165, 1.54) is 6.07 Å². The monoisotopic (exact) mass is 626 g/mol. The normalized spacial score (nSPS) is 32.5. The van der Waals surface area contributed by atoms with Crippen LogP contribution in [-0.2, 0) is 14.2 Å². The van der Waals surface area contributed by atoms with Crippen LogP contribution in [0.5, 0.6) is 28.7 Å². The van der Waals surface area contributed by atoms with Gasteiger partial charge in [-0.25, -0.2) is 0 Å². The highest BCUT2D eigenvalue weighted by Gasteiger charge is 2.51. The maximum Gasteiger partial charge on any atom is 0.239 e. The maximum absolute atomic E-state index is 13.6. The summed E-state index contributed by atoms with van der Waals surface area (Å²) in [6.45, 7) is -1.68. The molecule has 1 aromatic heterocycles. The van der Waals surface area contributed by atoms with E-state index in [1.807, 2.05) is 0 Å². The van der Waals surface area contributed by atoms with Gasteiger partial charge in [0.2, 0.25) is 17.5 Å². The molecule has 240 valence electrons. The molecule has 2 aliphatic heterocycles. The number of rotatable bonds is 7. The van der Waals surface area contributed by atoms with Gasteiger partial charge in [-0.1, -0.05) is 0 Å². The van der Waals surface area contributed by atoms with Gasteiger partial charge in [-0.3, -0.25) is 4.79 Å². The van der Waals surface area contributed by atoms with Crippen molar-refractivity contribution in [3.05, 3.63) is 40.6 Å². The molecular formula is C27H30O17. The Morgan fingerprint density at radius 2 is 1.36 bits per heavy atom. The van der Waals surface area contributed by atoms with Gasteiger partial charge in [-0.15, -0.1) is 0 Å². The number of phenolic OH excluding ortho intramolecular Hbond substituents is 4. The highest BCUT2D eigenvalue weighted by Crippen LogP contribution is 2.40.